The Morgan fingerprint density at radius 3 is 2.37 bits per heavy atom. The number of ether oxygens (including phenoxy) is 3. The molecule has 3 aromatic rings. The number of aryl methyl sites for hydroxylation is 1. The normalized spacial score (nSPS) is 10.4. The molecule has 7 nitrogen and oxygen atoms in total. The highest BCUT2D eigenvalue weighted by atomic mass is 35.5. The molecule has 3 N–H and O–H groups in total. The van der Waals surface area contributed by atoms with Gasteiger partial charge in [-0.05, 0) is 25.1 Å². The van der Waals surface area contributed by atoms with Gasteiger partial charge < -0.3 is 25.3 Å². The van der Waals surface area contributed by atoms with Gasteiger partial charge in [-0.3, -0.25) is 0 Å². The van der Waals surface area contributed by atoms with Crippen LogP contribution in [0.4, 0.5) is 17.2 Å². The monoisotopic (exact) mass is 386 g/mol. The summed E-state index contributed by atoms with van der Waals surface area (Å²) in [5.74, 6) is 2.26. The van der Waals surface area contributed by atoms with Crippen LogP contribution in [0.2, 0.25) is 5.02 Å². The molecular weight excluding hydrogens is 368 g/mol. The third-order valence-corrected chi connectivity index (χ3v) is 4.11. The summed E-state index contributed by atoms with van der Waals surface area (Å²) < 4.78 is 16.3. The van der Waals surface area contributed by atoms with Crippen LogP contribution in [0, 0.1) is 6.92 Å². The molecule has 3 rings (SSSR count). The van der Waals surface area contributed by atoms with E-state index in [4.69, 9.17) is 31.5 Å². The molecule has 0 aliphatic rings. The minimum Gasteiger partial charge on any atom is -0.495 e. The topological polar surface area (TPSA) is 91.5 Å². The van der Waals surface area contributed by atoms with E-state index in [-0.39, 0.29) is 11.6 Å². The maximum atomic E-state index is 6.21. The number of anilines is 3. The third-order valence-electron chi connectivity index (χ3n) is 3.81. The molecule has 1 heterocycles. The van der Waals surface area contributed by atoms with E-state index in [1.807, 2.05) is 31.2 Å². The second-order valence-corrected chi connectivity index (χ2v) is 6.08. The highest BCUT2D eigenvalue weighted by molar-refractivity contribution is 6.32. The van der Waals surface area contributed by atoms with E-state index in [1.54, 1.807) is 19.2 Å². The van der Waals surface area contributed by atoms with Crippen LogP contribution in [0.5, 0.6) is 23.1 Å². The summed E-state index contributed by atoms with van der Waals surface area (Å²) in [5.41, 5.74) is 8.15. The van der Waals surface area contributed by atoms with Crippen molar-refractivity contribution in [2.45, 2.75) is 6.92 Å². The van der Waals surface area contributed by atoms with Crippen LogP contribution < -0.4 is 25.3 Å². The first-order chi connectivity index (χ1) is 13.0. The average Bonchev–Trinajstić information content (AvgIpc) is 2.67. The molecule has 0 atom stereocenters. The second-order valence-electron chi connectivity index (χ2n) is 5.67. The molecule has 0 aliphatic carbocycles. The Kier molecular flexibility index (Phi) is 5.52. The molecule has 140 valence electrons. The van der Waals surface area contributed by atoms with Crippen LogP contribution in [0.3, 0.4) is 0 Å². The van der Waals surface area contributed by atoms with Crippen molar-refractivity contribution in [3.63, 3.8) is 0 Å². The van der Waals surface area contributed by atoms with Gasteiger partial charge in [-0.15, -0.1) is 0 Å². The van der Waals surface area contributed by atoms with Crippen molar-refractivity contribution in [1.82, 2.24) is 9.97 Å². The molecule has 0 spiro atoms. The van der Waals surface area contributed by atoms with Gasteiger partial charge in [-0.2, -0.15) is 4.98 Å². The Labute approximate surface area is 162 Å². The molecule has 1 aromatic heterocycles. The number of nitrogens with one attached hydrogen (secondary N) is 1. The fraction of sp³-hybridized carbons (Fsp3) is 0.158. The molecule has 0 bridgehead atoms. The largest absolute Gasteiger partial charge is 0.495 e. The molecular formula is C19H19ClN4O3. The van der Waals surface area contributed by atoms with Crippen molar-refractivity contribution >= 4 is 28.8 Å². The molecule has 0 aliphatic heterocycles. The molecule has 0 fully saturated rings. The number of methoxy groups -OCH3 is 2. The van der Waals surface area contributed by atoms with E-state index >= 15 is 0 Å². The lowest BCUT2D eigenvalue weighted by Gasteiger charge is -2.15. The van der Waals surface area contributed by atoms with Gasteiger partial charge in [0, 0.05) is 6.07 Å². The first-order valence-corrected chi connectivity index (χ1v) is 8.43. The predicted molar refractivity (Wildman–Crippen MR) is 106 cm³/mol. The van der Waals surface area contributed by atoms with Crippen LogP contribution in [0.1, 0.15) is 5.56 Å². The van der Waals surface area contributed by atoms with Crippen molar-refractivity contribution in [2.24, 2.45) is 0 Å². The van der Waals surface area contributed by atoms with Gasteiger partial charge in [0.15, 0.2) is 5.82 Å². The number of aromatic nitrogens is 2. The summed E-state index contributed by atoms with van der Waals surface area (Å²) >= 11 is 6.21. The zero-order valence-corrected chi connectivity index (χ0v) is 15.9. The molecule has 8 heteroatoms. The Bertz CT molecular complexity index is 948. The molecule has 0 unspecified atom stereocenters. The number of halogens is 1. The fourth-order valence-electron chi connectivity index (χ4n) is 2.36. The predicted octanol–water partition coefficient (Wildman–Crippen LogP) is 4.57. The molecule has 2 aromatic carbocycles. The SMILES string of the molecule is COc1cc(OC)c(Nc2ncnc(Oc3ccc(C)cc3)c2N)cc1Cl. The van der Waals surface area contributed by atoms with Crippen LogP contribution in [-0.4, -0.2) is 24.2 Å². The molecule has 0 saturated heterocycles. The van der Waals surface area contributed by atoms with E-state index in [0.29, 0.717) is 33.8 Å². The minimum atomic E-state index is 0.245. The van der Waals surface area contributed by atoms with Crippen molar-refractivity contribution in [3.05, 3.63) is 53.3 Å². The van der Waals surface area contributed by atoms with E-state index in [9.17, 15) is 0 Å². The fourth-order valence-corrected chi connectivity index (χ4v) is 2.60. The average molecular weight is 387 g/mol. The summed E-state index contributed by atoms with van der Waals surface area (Å²) in [6, 6.07) is 10.9. The lowest BCUT2D eigenvalue weighted by atomic mass is 10.2. The Hall–Kier alpha value is -3.19. The summed E-state index contributed by atoms with van der Waals surface area (Å²) in [5, 5.41) is 3.52. The summed E-state index contributed by atoms with van der Waals surface area (Å²) in [6.07, 6.45) is 1.36. The number of benzene rings is 2. The summed E-state index contributed by atoms with van der Waals surface area (Å²) in [4.78, 5) is 8.29. The van der Waals surface area contributed by atoms with E-state index < -0.39 is 0 Å². The number of nitrogen functional groups attached to an aromatic ring is 1. The molecule has 0 amide bonds. The number of hydrogen-bond donors (Lipinski definition) is 2. The van der Waals surface area contributed by atoms with E-state index in [1.165, 1.54) is 13.4 Å². The molecule has 27 heavy (non-hydrogen) atoms. The van der Waals surface area contributed by atoms with Gasteiger partial charge >= 0.3 is 0 Å². The number of rotatable bonds is 6. The summed E-state index contributed by atoms with van der Waals surface area (Å²) in [6.45, 7) is 2.00. The smallest absolute Gasteiger partial charge is 0.248 e. The van der Waals surface area contributed by atoms with Crippen molar-refractivity contribution in [2.75, 3.05) is 25.3 Å². The van der Waals surface area contributed by atoms with Crippen molar-refractivity contribution < 1.29 is 14.2 Å². The number of nitrogens with two attached hydrogens (primary N) is 1. The van der Waals surface area contributed by atoms with Crippen molar-refractivity contribution in [3.8, 4) is 23.1 Å². The van der Waals surface area contributed by atoms with Gasteiger partial charge in [0.05, 0.1) is 24.9 Å². The third kappa shape index (κ3) is 4.15. The first kappa shape index (κ1) is 18.6. The van der Waals surface area contributed by atoms with E-state index in [2.05, 4.69) is 15.3 Å². The van der Waals surface area contributed by atoms with Crippen LogP contribution >= 0.6 is 11.6 Å². The molecule has 0 radical (unpaired) electrons. The van der Waals surface area contributed by atoms with E-state index in [0.717, 1.165) is 5.56 Å². The molecule has 0 saturated carbocycles. The van der Waals surface area contributed by atoms with Crippen LogP contribution in [0.25, 0.3) is 0 Å². The lowest BCUT2D eigenvalue weighted by molar-refractivity contribution is 0.396. The van der Waals surface area contributed by atoms with Crippen LogP contribution in [-0.2, 0) is 0 Å². The maximum Gasteiger partial charge on any atom is 0.248 e. The van der Waals surface area contributed by atoms with Crippen molar-refractivity contribution in [1.29, 1.82) is 0 Å². The summed E-state index contributed by atoms with van der Waals surface area (Å²) in [7, 11) is 3.08. The van der Waals surface area contributed by atoms with Gasteiger partial charge in [-0.25, -0.2) is 4.98 Å². The van der Waals surface area contributed by atoms with Gasteiger partial charge in [0.1, 0.15) is 29.3 Å². The lowest BCUT2D eigenvalue weighted by Crippen LogP contribution is -2.04. The number of hydrogen-bond acceptors (Lipinski definition) is 7. The van der Waals surface area contributed by atoms with Gasteiger partial charge in [0.2, 0.25) is 5.88 Å². The van der Waals surface area contributed by atoms with Gasteiger partial charge in [0.25, 0.3) is 0 Å². The van der Waals surface area contributed by atoms with Crippen LogP contribution in [0.15, 0.2) is 42.7 Å². The second kappa shape index (κ2) is 8.01. The maximum absolute atomic E-state index is 6.21. The number of nitrogens with zero attached hydrogens (tertiary/aromatic N) is 2. The quantitative estimate of drug-likeness (QED) is 0.640. The minimum absolute atomic E-state index is 0.245. The Morgan fingerprint density at radius 2 is 1.70 bits per heavy atom. The standard InChI is InChI=1S/C19H19ClN4O3/c1-11-4-6-12(7-5-11)27-19-17(21)18(22-10-23-19)24-14-8-13(20)15(25-2)9-16(14)26-3/h4-10H,21H2,1-3H3,(H,22,23,24). The Balaban J connectivity index is 1.90. The zero-order chi connectivity index (χ0) is 19.4. The Morgan fingerprint density at radius 1 is 1.00 bits per heavy atom. The first-order valence-electron chi connectivity index (χ1n) is 8.05. The van der Waals surface area contributed by atoms with Gasteiger partial charge in [-0.1, -0.05) is 29.3 Å². The highest BCUT2D eigenvalue weighted by Gasteiger charge is 2.15. The highest BCUT2D eigenvalue weighted by Crippen LogP contribution is 2.39. The zero-order valence-electron chi connectivity index (χ0n) is 15.1.